The summed E-state index contributed by atoms with van der Waals surface area (Å²) in [5.41, 5.74) is -0.288. The molecular formula is C18H17FN4O5S. The van der Waals surface area contributed by atoms with Crippen LogP contribution in [0.1, 0.15) is 10.5 Å². The minimum atomic E-state index is -4.30. The third-order valence-corrected chi connectivity index (χ3v) is 5.32. The van der Waals surface area contributed by atoms with Crippen LogP contribution in [0.3, 0.4) is 0 Å². The third kappa shape index (κ3) is 4.04. The Labute approximate surface area is 166 Å². The largest absolute Gasteiger partial charge is 0.497 e. The highest BCUT2D eigenvalue weighted by molar-refractivity contribution is 7.90. The zero-order valence-electron chi connectivity index (χ0n) is 15.7. The number of benzene rings is 1. The van der Waals surface area contributed by atoms with Gasteiger partial charge in [0.25, 0.3) is 15.9 Å². The number of carbonyl (C=O) groups excluding carboxylic acids is 1. The van der Waals surface area contributed by atoms with Crippen LogP contribution in [0.15, 0.2) is 47.6 Å². The number of rotatable bonds is 6. The van der Waals surface area contributed by atoms with E-state index in [2.05, 4.69) is 9.97 Å². The first-order valence-corrected chi connectivity index (χ1v) is 9.68. The molecule has 2 aromatic heterocycles. The van der Waals surface area contributed by atoms with Crippen LogP contribution in [0.5, 0.6) is 11.5 Å². The summed E-state index contributed by atoms with van der Waals surface area (Å²) in [6, 6.07) is 6.77. The molecule has 0 aliphatic carbocycles. The van der Waals surface area contributed by atoms with Gasteiger partial charge in [-0.1, -0.05) is 0 Å². The van der Waals surface area contributed by atoms with E-state index in [0.29, 0.717) is 0 Å². The number of aryl methyl sites for hydroxylation is 1. The van der Waals surface area contributed by atoms with Crippen LogP contribution in [0.2, 0.25) is 0 Å². The molecule has 0 radical (unpaired) electrons. The van der Waals surface area contributed by atoms with Gasteiger partial charge in [0.05, 0.1) is 14.2 Å². The molecule has 29 heavy (non-hydrogen) atoms. The van der Waals surface area contributed by atoms with E-state index in [9.17, 15) is 17.6 Å². The van der Waals surface area contributed by atoms with Crippen molar-refractivity contribution in [3.05, 3.63) is 54.2 Å². The summed E-state index contributed by atoms with van der Waals surface area (Å²) < 4.78 is 52.8. The number of sulfonamides is 1. The third-order valence-electron chi connectivity index (χ3n) is 3.97. The molecular weight excluding hydrogens is 403 g/mol. The van der Waals surface area contributed by atoms with E-state index < -0.39 is 21.7 Å². The van der Waals surface area contributed by atoms with Gasteiger partial charge in [0.1, 0.15) is 27.8 Å². The summed E-state index contributed by atoms with van der Waals surface area (Å²) in [6.07, 6.45) is 2.66. The maximum atomic E-state index is 14.0. The minimum Gasteiger partial charge on any atom is -0.497 e. The molecule has 0 atom stereocenters. The Bertz CT molecular complexity index is 1180. The van der Waals surface area contributed by atoms with Crippen LogP contribution in [0.25, 0.3) is 11.5 Å². The number of hydrogen-bond donors (Lipinski definition) is 1. The number of halogens is 1. The highest BCUT2D eigenvalue weighted by Crippen LogP contribution is 2.28. The van der Waals surface area contributed by atoms with Gasteiger partial charge >= 0.3 is 0 Å². The predicted molar refractivity (Wildman–Crippen MR) is 101 cm³/mol. The zero-order chi connectivity index (χ0) is 21.2. The number of carbonyl (C=O) groups is 1. The van der Waals surface area contributed by atoms with E-state index in [-0.39, 0.29) is 33.6 Å². The van der Waals surface area contributed by atoms with Crippen LogP contribution in [-0.2, 0) is 17.1 Å². The molecule has 0 fully saturated rings. The number of aromatic nitrogens is 3. The van der Waals surface area contributed by atoms with Crippen LogP contribution < -0.4 is 14.2 Å². The van der Waals surface area contributed by atoms with Gasteiger partial charge in [-0.15, -0.1) is 0 Å². The van der Waals surface area contributed by atoms with E-state index in [1.807, 2.05) is 4.72 Å². The maximum absolute atomic E-state index is 14.0. The second kappa shape index (κ2) is 7.87. The van der Waals surface area contributed by atoms with Crippen molar-refractivity contribution >= 4 is 15.9 Å². The van der Waals surface area contributed by atoms with Crippen molar-refractivity contribution in [2.24, 2.45) is 7.05 Å². The molecule has 0 spiro atoms. The Morgan fingerprint density at radius 2 is 1.97 bits per heavy atom. The molecule has 1 aromatic carbocycles. The highest BCUT2D eigenvalue weighted by Gasteiger charge is 2.26. The van der Waals surface area contributed by atoms with Crippen molar-refractivity contribution in [3.63, 3.8) is 0 Å². The summed E-state index contributed by atoms with van der Waals surface area (Å²) in [7, 11) is -0.0897. The molecule has 3 rings (SSSR count). The van der Waals surface area contributed by atoms with E-state index in [1.165, 1.54) is 68.6 Å². The van der Waals surface area contributed by atoms with Crippen LogP contribution in [-0.4, -0.2) is 43.1 Å². The van der Waals surface area contributed by atoms with E-state index in [1.54, 1.807) is 0 Å². The average molecular weight is 420 g/mol. The van der Waals surface area contributed by atoms with Crippen LogP contribution in [0.4, 0.5) is 4.39 Å². The molecule has 0 aliphatic rings. The van der Waals surface area contributed by atoms with Gasteiger partial charge in [0.2, 0.25) is 0 Å². The second-order valence-corrected chi connectivity index (χ2v) is 7.50. The van der Waals surface area contributed by atoms with Crippen molar-refractivity contribution in [1.29, 1.82) is 0 Å². The lowest BCUT2D eigenvalue weighted by atomic mass is 10.3. The smallest absolute Gasteiger partial charge is 0.285 e. The number of nitrogens with zero attached hydrogens (tertiary/aromatic N) is 3. The van der Waals surface area contributed by atoms with Gasteiger partial charge in [0.15, 0.2) is 11.6 Å². The van der Waals surface area contributed by atoms with Crippen molar-refractivity contribution in [1.82, 2.24) is 19.3 Å². The SMILES string of the molecule is COc1ccc(OC)c(S(=O)(=O)NC(=O)c2cn(C)c(-c3ncccc3F)n2)c1. The number of hydrogen-bond acceptors (Lipinski definition) is 7. The number of pyridine rings is 1. The standard InChI is InChI=1S/C18H17FN4O5S/c1-23-10-13(21-17(23)16-12(19)5-4-8-20-16)18(24)22-29(25,26)15-9-11(27-2)6-7-14(15)28-3/h4-10H,1-3H3,(H,22,24). The molecule has 152 valence electrons. The topological polar surface area (TPSA) is 112 Å². The first-order valence-electron chi connectivity index (χ1n) is 8.20. The maximum Gasteiger partial charge on any atom is 0.285 e. The average Bonchev–Trinajstić information content (AvgIpc) is 3.09. The second-order valence-electron chi connectivity index (χ2n) is 5.85. The molecule has 0 unspecified atom stereocenters. The predicted octanol–water partition coefficient (Wildman–Crippen LogP) is 1.76. The Morgan fingerprint density at radius 3 is 2.62 bits per heavy atom. The number of imidazole rings is 1. The summed E-state index contributed by atoms with van der Waals surface area (Å²) in [4.78, 5) is 20.2. The van der Waals surface area contributed by atoms with Crippen molar-refractivity contribution in [2.75, 3.05) is 14.2 Å². The molecule has 1 amide bonds. The lowest BCUT2D eigenvalue weighted by molar-refractivity contribution is 0.0977. The number of nitrogens with one attached hydrogen (secondary N) is 1. The first kappa shape index (κ1) is 20.3. The van der Waals surface area contributed by atoms with E-state index in [4.69, 9.17) is 9.47 Å². The molecule has 11 heteroatoms. The Morgan fingerprint density at radius 1 is 1.21 bits per heavy atom. The lowest BCUT2D eigenvalue weighted by Crippen LogP contribution is -2.31. The van der Waals surface area contributed by atoms with Gasteiger partial charge in [-0.05, 0) is 24.3 Å². The molecule has 2 heterocycles. The number of amides is 1. The van der Waals surface area contributed by atoms with Gasteiger partial charge in [-0.3, -0.25) is 4.79 Å². The van der Waals surface area contributed by atoms with E-state index >= 15 is 0 Å². The molecule has 9 nitrogen and oxygen atoms in total. The Balaban J connectivity index is 1.93. The van der Waals surface area contributed by atoms with Gasteiger partial charge in [-0.25, -0.2) is 27.5 Å². The number of ether oxygens (including phenoxy) is 2. The van der Waals surface area contributed by atoms with Crippen molar-refractivity contribution in [3.8, 4) is 23.0 Å². The summed E-state index contributed by atoms with van der Waals surface area (Å²) in [6.45, 7) is 0. The lowest BCUT2D eigenvalue weighted by Gasteiger charge is -2.11. The Kier molecular flexibility index (Phi) is 5.50. The first-order chi connectivity index (χ1) is 13.8. The molecule has 0 saturated carbocycles. The normalized spacial score (nSPS) is 11.2. The van der Waals surface area contributed by atoms with Gasteiger partial charge < -0.3 is 14.0 Å². The fourth-order valence-electron chi connectivity index (χ4n) is 2.57. The molecule has 3 aromatic rings. The number of methoxy groups -OCH3 is 2. The molecule has 0 bridgehead atoms. The van der Waals surface area contributed by atoms with Crippen molar-refractivity contribution < 1.29 is 27.1 Å². The van der Waals surface area contributed by atoms with Crippen LogP contribution >= 0.6 is 0 Å². The molecule has 1 N–H and O–H groups in total. The van der Waals surface area contributed by atoms with Crippen molar-refractivity contribution in [2.45, 2.75) is 4.90 Å². The summed E-state index contributed by atoms with van der Waals surface area (Å²) in [5, 5.41) is 0. The zero-order valence-corrected chi connectivity index (χ0v) is 16.5. The summed E-state index contributed by atoms with van der Waals surface area (Å²) >= 11 is 0. The Hall–Kier alpha value is -3.47. The minimum absolute atomic E-state index is 0.0309. The fourth-order valence-corrected chi connectivity index (χ4v) is 3.72. The van der Waals surface area contributed by atoms with E-state index in [0.717, 1.165) is 0 Å². The quantitative estimate of drug-likeness (QED) is 0.647. The van der Waals surface area contributed by atoms with Crippen LogP contribution in [0, 0.1) is 5.82 Å². The molecule has 0 aliphatic heterocycles. The molecule has 0 saturated heterocycles. The fraction of sp³-hybridized carbons (Fsp3) is 0.167. The van der Waals surface area contributed by atoms with Gasteiger partial charge in [-0.2, -0.15) is 0 Å². The summed E-state index contributed by atoms with van der Waals surface area (Å²) in [5.74, 6) is -1.24. The monoisotopic (exact) mass is 420 g/mol. The highest BCUT2D eigenvalue weighted by atomic mass is 32.2. The van der Waals surface area contributed by atoms with Gasteiger partial charge in [0, 0.05) is 25.5 Å².